The van der Waals surface area contributed by atoms with Crippen LogP contribution in [0.25, 0.3) is 11.4 Å². The maximum absolute atomic E-state index is 14.6. The molecule has 5 aromatic rings. The Kier molecular flexibility index (Phi) is 12.2. The molecule has 0 fully saturated rings. The summed E-state index contributed by atoms with van der Waals surface area (Å²) in [6.07, 6.45) is 0.926. The number of carbonyl (C=O) groups is 1. The number of benzene rings is 4. The molecule has 0 spiro atoms. The molecule has 0 saturated heterocycles. The zero-order chi connectivity index (χ0) is 36.4. The van der Waals surface area contributed by atoms with Gasteiger partial charge < -0.3 is 23.8 Å². The smallest absolute Gasteiger partial charge is 0.277 e. The van der Waals surface area contributed by atoms with Crippen LogP contribution in [0.5, 0.6) is 23.1 Å². The third-order valence-electron chi connectivity index (χ3n) is 7.66. The molecule has 266 valence electrons. The summed E-state index contributed by atoms with van der Waals surface area (Å²) < 4.78 is 65.6. The van der Waals surface area contributed by atoms with E-state index in [2.05, 4.69) is 0 Å². The molecule has 11 nitrogen and oxygen atoms in total. The minimum Gasteiger partial charge on any atom is -0.497 e. The van der Waals surface area contributed by atoms with Crippen LogP contribution in [0.2, 0.25) is 0 Å². The van der Waals surface area contributed by atoms with Gasteiger partial charge in [0.25, 0.3) is 21.9 Å². The first kappa shape index (κ1) is 36.7. The highest BCUT2D eigenvalue weighted by atomic mass is 32.2. The van der Waals surface area contributed by atoms with Crippen LogP contribution in [-0.2, 0) is 34.1 Å². The maximum Gasteiger partial charge on any atom is 0.277 e. The number of carbonyl (C=O) groups excluding carboxylic acids is 1. The first-order chi connectivity index (χ1) is 24.5. The first-order valence-electron chi connectivity index (χ1n) is 15.9. The lowest BCUT2D eigenvalue weighted by Gasteiger charge is -2.24. The second-order valence-corrected chi connectivity index (χ2v) is 13.2. The minimum absolute atomic E-state index is 0.0161. The highest BCUT2D eigenvalue weighted by Gasteiger charge is 2.28. The molecule has 13 heteroatoms. The predicted molar refractivity (Wildman–Crippen MR) is 189 cm³/mol. The van der Waals surface area contributed by atoms with Crippen LogP contribution in [0.15, 0.2) is 97.1 Å². The van der Waals surface area contributed by atoms with E-state index in [-0.39, 0.29) is 56.1 Å². The number of halogens is 1. The fourth-order valence-corrected chi connectivity index (χ4v) is 5.27. The molecule has 51 heavy (non-hydrogen) atoms. The van der Waals surface area contributed by atoms with Crippen molar-refractivity contribution >= 4 is 16.0 Å². The number of rotatable bonds is 16. The molecule has 0 saturated carbocycles. The average Bonchev–Trinajstić information content (AvgIpc) is 3.13. The fourth-order valence-electron chi connectivity index (χ4n) is 4.90. The predicted octanol–water partition coefficient (Wildman–Crippen LogP) is 6.38. The summed E-state index contributed by atoms with van der Waals surface area (Å²) in [6, 6.07) is 27.6. The van der Waals surface area contributed by atoms with Crippen LogP contribution in [0.3, 0.4) is 0 Å². The largest absolute Gasteiger partial charge is 0.497 e. The molecule has 4 aromatic carbocycles. The Morgan fingerprint density at radius 1 is 0.745 bits per heavy atom. The number of nitrogens with zero attached hydrogens (tertiary/aromatic N) is 3. The average molecular weight is 716 g/mol. The summed E-state index contributed by atoms with van der Waals surface area (Å²) in [5.74, 6) is 0.482. The highest BCUT2D eigenvalue weighted by molar-refractivity contribution is 7.85. The van der Waals surface area contributed by atoms with Crippen molar-refractivity contribution in [2.24, 2.45) is 0 Å². The van der Waals surface area contributed by atoms with Gasteiger partial charge in [-0.15, -0.1) is 0 Å². The number of amides is 1. The molecular weight excluding hydrogens is 677 g/mol. The molecule has 0 aliphatic rings. The molecule has 1 aromatic heterocycles. The van der Waals surface area contributed by atoms with Crippen LogP contribution >= 0.6 is 0 Å². The number of ether oxygens (including phenoxy) is 4. The first-order valence-corrected chi connectivity index (χ1v) is 17.7. The number of methoxy groups -OCH3 is 2. The van der Waals surface area contributed by atoms with Gasteiger partial charge in [-0.2, -0.15) is 13.4 Å². The van der Waals surface area contributed by atoms with Crippen molar-refractivity contribution in [3.05, 3.63) is 131 Å². The van der Waals surface area contributed by atoms with Crippen molar-refractivity contribution in [2.75, 3.05) is 33.6 Å². The monoisotopic (exact) mass is 715 g/mol. The Morgan fingerprint density at radius 3 is 1.84 bits per heavy atom. The summed E-state index contributed by atoms with van der Waals surface area (Å²) in [5.41, 5.74) is 3.67. The third-order valence-corrected chi connectivity index (χ3v) is 8.25. The van der Waals surface area contributed by atoms with Crippen LogP contribution in [-0.4, -0.2) is 62.8 Å². The molecule has 0 atom stereocenters. The van der Waals surface area contributed by atoms with Gasteiger partial charge in [0.05, 0.1) is 27.1 Å². The van der Waals surface area contributed by atoms with Gasteiger partial charge in [-0.05, 0) is 60.0 Å². The minimum atomic E-state index is -3.81. The normalized spacial score (nSPS) is 11.2. The SMILES string of the molecule is COc1ccc(COc2nc(-c3ccc(C)cc3)nc(C(=O)N(CCOS(C)(=O)=O)Cc3ccc(F)cc3)c2OCc2ccc(OC)cc2)cc1. The summed E-state index contributed by atoms with van der Waals surface area (Å²) in [4.78, 5) is 25.4. The van der Waals surface area contributed by atoms with E-state index in [0.717, 1.165) is 22.9 Å². The van der Waals surface area contributed by atoms with E-state index in [1.807, 2.05) is 55.5 Å². The van der Waals surface area contributed by atoms with Crippen molar-refractivity contribution < 1.29 is 40.7 Å². The van der Waals surface area contributed by atoms with Crippen LogP contribution in [0.1, 0.15) is 32.7 Å². The van der Waals surface area contributed by atoms with E-state index >= 15 is 0 Å². The fraction of sp³-hybridized carbons (Fsp3) is 0.237. The summed E-state index contributed by atoms with van der Waals surface area (Å²) >= 11 is 0. The topological polar surface area (TPSA) is 126 Å². The number of hydrogen-bond acceptors (Lipinski definition) is 10. The Balaban J connectivity index is 1.60. The molecule has 0 radical (unpaired) electrons. The van der Waals surface area contributed by atoms with E-state index in [1.54, 1.807) is 38.5 Å². The summed E-state index contributed by atoms with van der Waals surface area (Å²) in [5, 5.41) is 0. The van der Waals surface area contributed by atoms with Gasteiger partial charge >= 0.3 is 0 Å². The molecule has 0 unspecified atom stereocenters. The van der Waals surface area contributed by atoms with Crippen molar-refractivity contribution in [2.45, 2.75) is 26.7 Å². The van der Waals surface area contributed by atoms with Gasteiger partial charge in [0.1, 0.15) is 30.5 Å². The van der Waals surface area contributed by atoms with Gasteiger partial charge in [-0.3, -0.25) is 8.98 Å². The van der Waals surface area contributed by atoms with Crippen molar-refractivity contribution in [3.63, 3.8) is 0 Å². The lowest BCUT2D eigenvalue weighted by molar-refractivity contribution is 0.0704. The van der Waals surface area contributed by atoms with Crippen LogP contribution < -0.4 is 18.9 Å². The van der Waals surface area contributed by atoms with Gasteiger partial charge in [0.2, 0.25) is 5.75 Å². The Morgan fingerprint density at radius 2 is 1.29 bits per heavy atom. The van der Waals surface area contributed by atoms with Gasteiger partial charge in [-0.1, -0.05) is 66.2 Å². The van der Waals surface area contributed by atoms with E-state index < -0.39 is 21.8 Å². The summed E-state index contributed by atoms with van der Waals surface area (Å²) in [7, 11) is -0.656. The molecule has 0 aliphatic carbocycles. The molecule has 1 amide bonds. The zero-order valence-electron chi connectivity index (χ0n) is 28.7. The lowest BCUT2D eigenvalue weighted by atomic mass is 10.1. The van der Waals surface area contributed by atoms with Gasteiger partial charge in [0.15, 0.2) is 11.5 Å². The maximum atomic E-state index is 14.6. The van der Waals surface area contributed by atoms with E-state index in [1.165, 1.54) is 29.2 Å². The van der Waals surface area contributed by atoms with E-state index in [9.17, 15) is 17.6 Å². The molecule has 0 bridgehead atoms. The number of aromatic nitrogens is 2. The molecule has 0 aliphatic heterocycles. The van der Waals surface area contributed by atoms with Crippen molar-refractivity contribution in [1.29, 1.82) is 0 Å². The van der Waals surface area contributed by atoms with Crippen molar-refractivity contribution in [3.8, 4) is 34.5 Å². The standard InChI is InChI=1S/C38H38FN3O8S/c1-26-5-13-30(14-6-26)36-40-34(38(43)42(21-22-50-51(4,44)45)23-27-7-15-31(39)16-8-27)35(48-24-28-9-17-32(46-2)18-10-28)37(41-36)49-25-29-11-19-33(47-3)20-12-29/h5-20H,21-25H2,1-4H3. The quantitative estimate of drug-likeness (QED) is 0.106. The number of aryl methyl sites for hydroxylation is 1. The van der Waals surface area contributed by atoms with Gasteiger partial charge in [-0.25, -0.2) is 9.37 Å². The second-order valence-electron chi connectivity index (χ2n) is 11.5. The van der Waals surface area contributed by atoms with E-state index in [0.29, 0.717) is 22.6 Å². The zero-order valence-corrected chi connectivity index (χ0v) is 29.5. The van der Waals surface area contributed by atoms with Gasteiger partial charge in [0, 0.05) is 18.7 Å². The van der Waals surface area contributed by atoms with Crippen LogP contribution in [0.4, 0.5) is 4.39 Å². The molecule has 5 rings (SSSR count). The molecule has 1 heterocycles. The summed E-state index contributed by atoms with van der Waals surface area (Å²) in [6.45, 7) is 1.55. The Bertz CT molecular complexity index is 2020. The Hall–Kier alpha value is -5.53. The molecule has 0 N–H and O–H groups in total. The molecular formula is C38H38FN3O8S. The highest BCUT2D eigenvalue weighted by Crippen LogP contribution is 2.34. The Labute approximate surface area is 296 Å². The second kappa shape index (κ2) is 16.9. The third kappa shape index (κ3) is 10.5. The van der Waals surface area contributed by atoms with Crippen molar-refractivity contribution in [1.82, 2.24) is 14.9 Å². The van der Waals surface area contributed by atoms with E-state index in [4.69, 9.17) is 33.1 Å². The van der Waals surface area contributed by atoms with Crippen LogP contribution in [0, 0.1) is 12.7 Å². The number of hydrogen-bond donors (Lipinski definition) is 0. The lowest BCUT2D eigenvalue weighted by Crippen LogP contribution is -2.35.